The Morgan fingerprint density at radius 3 is 2.60 bits per heavy atom. The van der Waals surface area contributed by atoms with Crippen molar-refractivity contribution in [3.63, 3.8) is 0 Å². The summed E-state index contributed by atoms with van der Waals surface area (Å²) in [6.07, 6.45) is 9.52. The Hall–Kier alpha value is -2.40. The van der Waals surface area contributed by atoms with Gasteiger partial charge in [-0.15, -0.1) is 0 Å². The van der Waals surface area contributed by atoms with E-state index in [9.17, 15) is 4.79 Å². The first-order chi connectivity index (χ1) is 16.9. The third-order valence-electron chi connectivity index (χ3n) is 8.28. The summed E-state index contributed by atoms with van der Waals surface area (Å²) in [7, 11) is 0. The van der Waals surface area contributed by atoms with Gasteiger partial charge in [-0.3, -0.25) is 4.79 Å². The largest absolute Gasteiger partial charge is 0.473 e. The van der Waals surface area contributed by atoms with Crippen molar-refractivity contribution >= 4 is 28.4 Å². The molecule has 2 fully saturated rings. The van der Waals surface area contributed by atoms with Crippen LogP contribution in [0, 0.1) is 6.92 Å². The Balaban J connectivity index is 1.38. The molecule has 2 unspecified atom stereocenters. The molecule has 0 amide bonds. The highest BCUT2D eigenvalue weighted by Gasteiger charge is 2.51. The van der Waals surface area contributed by atoms with E-state index in [4.69, 9.17) is 20.9 Å². The lowest BCUT2D eigenvalue weighted by Crippen LogP contribution is -2.25. The summed E-state index contributed by atoms with van der Waals surface area (Å²) < 4.78 is 11.5. The fourth-order valence-electron chi connectivity index (χ4n) is 5.31. The second-order valence-electron chi connectivity index (χ2n) is 10.6. The van der Waals surface area contributed by atoms with Gasteiger partial charge in [0.15, 0.2) is 5.58 Å². The number of ketones is 1. The second-order valence-corrected chi connectivity index (χ2v) is 11.0. The van der Waals surface area contributed by atoms with Crippen molar-refractivity contribution in [1.82, 2.24) is 10.1 Å². The standard InChI is InChI=1S/C29H35ClN2O3/c1-5-17(3)27-22-15-23(18(4)12-25(22)35-32-27)29(10-11-29)26(33)14-19(6-2)20-13-24(30)28(31-16-20)34-21-8-7-9-21/h12-13,15-17,19,21H,5-11,14H2,1-4H3. The van der Waals surface area contributed by atoms with Gasteiger partial charge >= 0.3 is 0 Å². The molecule has 2 heterocycles. The number of ether oxygens (including phenoxy) is 1. The number of aryl methyl sites for hydroxylation is 1. The summed E-state index contributed by atoms with van der Waals surface area (Å²) in [5.41, 5.74) is 4.64. The molecule has 186 valence electrons. The first-order valence-electron chi connectivity index (χ1n) is 13.1. The van der Waals surface area contributed by atoms with E-state index in [1.807, 2.05) is 12.3 Å². The fourth-order valence-corrected chi connectivity index (χ4v) is 5.53. The summed E-state index contributed by atoms with van der Waals surface area (Å²) in [4.78, 5) is 18.3. The molecule has 2 aliphatic carbocycles. The summed E-state index contributed by atoms with van der Waals surface area (Å²) in [6, 6.07) is 6.18. The van der Waals surface area contributed by atoms with Crippen LogP contribution in [-0.2, 0) is 10.2 Å². The highest BCUT2D eigenvalue weighted by Crippen LogP contribution is 2.53. The highest BCUT2D eigenvalue weighted by atomic mass is 35.5. The Morgan fingerprint density at radius 1 is 1.23 bits per heavy atom. The lowest BCUT2D eigenvalue weighted by molar-refractivity contribution is -0.121. The second kappa shape index (κ2) is 9.57. The van der Waals surface area contributed by atoms with E-state index in [1.54, 1.807) is 0 Å². The third-order valence-corrected chi connectivity index (χ3v) is 8.55. The maximum Gasteiger partial charge on any atom is 0.232 e. The van der Waals surface area contributed by atoms with E-state index in [0.29, 0.717) is 29.0 Å². The number of benzene rings is 1. The van der Waals surface area contributed by atoms with Gasteiger partial charge in [-0.25, -0.2) is 4.98 Å². The number of hydrogen-bond donors (Lipinski definition) is 0. The number of halogens is 1. The summed E-state index contributed by atoms with van der Waals surface area (Å²) in [5.74, 6) is 1.21. The van der Waals surface area contributed by atoms with Crippen molar-refractivity contribution in [1.29, 1.82) is 0 Å². The summed E-state index contributed by atoms with van der Waals surface area (Å²) in [5, 5.41) is 5.93. The van der Waals surface area contributed by atoms with Gasteiger partial charge in [-0.2, -0.15) is 0 Å². The van der Waals surface area contributed by atoms with Crippen LogP contribution in [0.15, 0.2) is 28.9 Å². The van der Waals surface area contributed by atoms with Crippen LogP contribution in [-0.4, -0.2) is 22.0 Å². The van der Waals surface area contributed by atoms with Crippen LogP contribution in [0.2, 0.25) is 5.02 Å². The van der Waals surface area contributed by atoms with Gasteiger partial charge in [0.25, 0.3) is 0 Å². The fraction of sp³-hybridized carbons (Fsp3) is 0.552. The molecular formula is C29H35ClN2O3. The molecule has 5 rings (SSSR count). The Kier molecular flexibility index (Phi) is 6.65. The Morgan fingerprint density at radius 2 is 2.00 bits per heavy atom. The SMILES string of the molecule is CCC(C)c1noc2cc(C)c(C3(C(=O)CC(CC)c4cnc(OC5CCC5)c(Cl)c4)CC3)cc12. The lowest BCUT2D eigenvalue weighted by Gasteiger charge is -2.26. The van der Waals surface area contributed by atoms with E-state index in [1.165, 1.54) is 6.42 Å². The van der Waals surface area contributed by atoms with Crippen LogP contribution in [0.3, 0.4) is 0 Å². The molecule has 35 heavy (non-hydrogen) atoms. The molecule has 2 atom stereocenters. The quantitative estimate of drug-likeness (QED) is 0.287. The number of carbonyl (C=O) groups is 1. The minimum Gasteiger partial charge on any atom is -0.473 e. The van der Waals surface area contributed by atoms with Gasteiger partial charge in [-0.1, -0.05) is 37.5 Å². The third kappa shape index (κ3) is 4.48. The van der Waals surface area contributed by atoms with Crippen LogP contribution < -0.4 is 4.74 Å². The molecule has 0 saturated heterocycles. The zero-order valence-electron chi connectivity index (χ0n) is 21.2. The van der Waals surface area contributed by atoms with Gasteiger partial charge in [0.1, 0.15) is 16.9 Å². The van der Waals surface area contributed by atoms with Crippen molar-refractivity contribution < 1.29 is 14.1 Å². The molecule has 3 aromatic rings. The maximum absolute atomic E-state index is 13.8. The molecule has 0 aliphatic heterocycles. The van der Waals surface area contributed by atoms with Crippen LogP contribution in [0.4, 0.5) is 0 Å². The van der Waals surface area contributed by atoms with E-state index in [2.05, 4.69) is 50.0 Å². The van der Waals surface area contributed by atoms with E-state index in [-0.39, 0.29) is 12.0 Å². The normalized spacial score (nSPS) is 18.8. The molecule has 0 N–H and O–H groups in total. The highest BCUT2D eigenvalue weighted by molar-refractivity contribution is 6.31. The van der Waals surface area contributed by atoms with Gasteiger partial charge in [0, 0.05) is 23.9 Å². The van der Waals surface area contributed by atoms with Gasteiger partial charge in [0.2, 0.25) is 5.88 Å². The number of carbonyl (C=O) groups excluding carboxylic acids is 1. The molecular weight excluding hydrogens is 460 g/mol. The number of pyridine rings is 1. The Labute approximate surface area is 212 Å². The average molecular weight is 495 g/mol. The predicted octanol–water partition coefficient (Wildman–Crippen LogP) is 7.81. The molecule has 2 saturated carbocycles. The maximum atomic E-state index is 13.8. The molecule has 6 heteroatoms. The molecule has 0 bridgehead atoms. The zero-order valence-corrected chi connectivity index (χ0v) is 22.0. The topological polar surface area (TPSA) is 65.2 Å². The molecule has 2 aliphatic rings. The smallest absolute Gasteiger partial charge is 0.232 e. The number of hydrogen-bond acceptors (Lipinski definition) is 5. The average Bonchev–Trinajstić information content (AvgIpc) is 3.53. The van der Waals surface area contributed by atoms with Crippen molar-refractivity contribution in [3.8, 4) is 5.88 Å². The van der Waals surface area contributed by atoms with Crippen LogP contribution in [0.1, 0.15) is 106 Å². The number of rotatable bonds is 10. The van der Waals surface area contributed by atoms with Crippen molar-refractivity contribution in [2.24, 2.45) is 0 Å². The molecule has 0 radical (unpaired) electrons. The van der Waals surface area contributed by atoms with E-state index in [0.717, 1.165) is 71.9 Å². The van der Waals surface area contributed by atoms with Crippen LogP contribution in [0.25, 0.3) is 11.0 Å². The van der Waals surface area contributed by atoms with Gasteiger partial charge < -0.3 is 9.26 Å². The number of nitrogens with zero attached hydrogens (tertiary/aromatic N) is 2. The molecule has 5 nitrogen and oxygen atoms in total. The monoisotopic (exact) mass is 494 g/mol. The molecule has 0 spiro atoms. The lowest BCUT2D eigenvalue weighted by atomic mass is 9.81. The molecule has 2 aromatic heterocycles. The Bertz CT molecular complexity index is 1240. The predicted molar refractivity (Wildman–Crippen MR) is 139 cm³/mol. The minimum atomic E-state index is -0.403. The van der Waals surface area contributed by atoms with Crippen molar-refractivity contribution in [3.05, 3.63) is 51.8 Å². The van der Waals surface area contributed by atoms with Gasteiger partial charge in [-0.05, 0) is 92.7 Å². The summed E-state index contributed by atoms with van der Waals surface area (Å²) in [6.45, 7) is 8.53. The van der Waals surface area contributed by atoms with Gasteiger partial charge in [0.05, 0.1) is 11.1 Å². The summed E-state index contributed by atoms with van der Waals surface area (Å²) >= 11 is 6.52. The zero-order chi connectivity index (χ0) is 24.7. The van der Waals surface area contributed by atoms with E-state index < -0.39 is 5.41 Å². The van der Waals surface area contributed by atoms with Crippen molar-refractivity contribution in [2.45, 2.75) is 102 Å². The van der Waals surface area contributed by atoms with Crippen molar-refractivity contribution in [2.75, 3.05) is 0 Å². The van der Waals surface area contributed by atoms with E-state index >= 15 is 0 Å². The number of aromatic nitrogens is 2. The molecule has 1 aromatic carbocycles. The van der Waals surface area contributed by atoms with Crippen LogP contribution >= 0.6 is 11.6 Å². The number of fused-ring (bicyclic) bond motifs is 1. The first kappa shape index (κ1) is 24.3. The first-order valence-corrected chi connectivity index (χ1v) is 13.5. The number of Topliss-reactive ketones (excluding diaryl/α,β-unsaturated/α-hetero) is 1. The van der Waals surface area contributed by atoms with Crippen LogP contribution in [0.5, 0.6) is 5.88 Å². The minimum absolute atomic E-state index is 0.0815.